The maximum Gasteiger partial charge on any atom is 0.272 e. The van der Waals surface area contributed by atoms with Crippen molar-refractivity contribution in [2.45, 2.75) is 38.0 Å². The third kappa shape index (κ3) is 7.23. The molecule has 8 heteroatoms. The molecule has 4 atom stereocenters. The SMILES string of the molecule is C=CCCCOC1OCC(COCC2COC(OCCN)O2)O1. The average molecular weight is 333 g/mol. The zero-order valence-electron chi connectivity index (χ0n) is 13.4. The van der Waals surface area contributed by atoms with E-state index in [1.807, 2.05) is 6.08 Å². The summed E-state index contributed by atoms with van der Waals surface area (Å²) < 4.78 is 38.0. The number of nitrogens with two attached hydrogens (primary N) is 1. The fraction of sp³-hybridized carbons (Fsp3) is 0.867. The monoisotopic (exact) mass is 333 g/mol. The van der Waals surface area contributed by atoms with Gasteiger partial charge >= 0.3 is 0 Å². The van der Waals surface area contributed by atoms with E-state index in [1.165, 1.54) is 0 Å². The van der Waals surface area contributed by atoms with Crippen LogP contribution in [0.4, 0.5) is 0 Å². The number of unbranched alkanes of at least 4 members (excludes halogenated alkanes) is 1. The quantitative estimate of drug-likeness (QED) is 0.404. The zero-order valence-corrected chi connectivity index (χ0v) is 13.4. The van der Waals surface area contributed by atoms with Crippen LogP contribution in [-0.2, 0) is 33.2 Å². The number of hydrogen-bond acceptors (Lipinski definition) is 8. The van der Waals surface area contributed by atoms with Crippen molar-refractivity contribution in [3.05, 3.63) is 12.7 Å². The number of rotatable bonds is 12. The summed E-state index contributed by atoms with van der Waals surface area (Å²) in [6.45, 7) is 5.55. The van der Waals surface area contributed by atoms with E-state index >= 15 is 0 Å². The van der Waals surface area contributed by atoms with Crippen molar-refractivity contribution in [1.29, 1.82) is 0 Å². The highest BCUT2D eigenvalue weighted by Crippen LogP contribution is 2.16. The Morgan fingerprint density at radius 1 is 1.00 bits per heavy atom. The van der Waals surface area contributed by atoms with E-state index in [-0.39, 0.29) is 12.2 Å². The number of ether oxygens (including phenoxy) is 7. The minimum Gasteiger partial charge on any atom is -0.376 e. The molecule has 0 aromatic carbocycles. The van der Waals surface area contributed by atoms with Crippen LogP contribution in [0.15, 0.2) is 12.7 Å². The van der Waals surface area contributed by atoms with E-state index in [4.69, 9.17) is 38.9 Å². The molecule has 2 N–H and O–H groups in total. The van der Waals surface area contributed by atoms with Crippen LogP contribution in [0.1, 0.15) is 12.8 Å². The summed E-state index contributed by atoms with van der Waals surface area (Å²) in [6, 6.07) is 0. The van der Waals surface area contributed by atoms with E-state index < -0.39 is 13.0 Å². The van der Waals surface area contributed by atoms with Gasteiger partial charge in [0.15, 0.2) is 0 Å². The van der Waals surface area contributed by atoms with Gasteiger partial charge in [-0.2, -0.15) is 0 Å². The second-order valence-corrected chi connectivity index (χ2v) is 5.26. The van der Waals surface area contributed by atoms with E-state index in [9.17, 15) is 0 Å². The molecule has 2 aliphatic heterocycles. The summed E-state index contributed by atoms with van der Waals surface area (Å²) in [4.78, 5) is 0. The number of hydrogen-bond donors (Lipinski definition) is 1. The minimum absolute atomic E-state index is 0.133. The molecule has 0 amide bonds. The summed E-state index contributed by atoms with van der Waals surface area (Å²) in [5.74, 6) is 0. The lowest BCUT2D eigenvalue weighted by Gasteiger charge is -2.14. The van der Waals surface area contributed by atoms with Crippen molar-refractivity contribution < 1.29 is 33.2 Å². The van der Waals surface area contributed by atoms with Gasteiger partial charge in [-0.3, -0.25) is 0 Å². The largest absolute Gasteiger partial charge is 0.376 e. The fourth-order valence-corrected chi connectivity index (χ4v) is 2.10. The van der Waals surface area contributed by atoms with Crippen molar-refractivity contribution >= 4 is 0 Å². The molecule has 0 spiro atoms. The van der Waals surface area contributed by atoms with Gasteiger partial charge in [0.25, 0.3) is 13.0 Å². The van der Waals surface area contributed by atoms with Gasteiger partial charge in [0.1, 0.15) is 12.2 Å². The molecule has 2 fully saturated rings. The zero-order chi connectivity index (χ0) is 16.3. The summed E-state index contributed by atoms with van der Waals surface area (Å²) in [5.41, 5.74) is 5.35. The lowest BCUT2D eigenvalue weighted by atomic mass is 10.3. The lowest BCUT2D eigenvalue weighted by Crippen LogP contribution is -2.26. The van der Waals surface area contributed by atoms with E-state index in [2.05, 4.69) is 6.58 Å². The highest BCUT2D eigenvalue weighted by atomic mass is 16.9. The van der Waals surface area contributed by atoms with Gasteiger partial charge in [0.05, 0.1) is 39.6 Å². The highest BCUT2D eigenvalue weighted by Gasteiger charge is 2.29. The van der Waals surface area contributed by atoms with Crippen LogP contribution in [0.5, 0.6) is 0 Å². The third-order valence-corrected chi connectivity index (χ3v) is 3.23. The molecule has 0 bridgehead atoms. The highest BCUT2D eigenvalue weighted by molar-refractivity contribution is 4.66. The van der Waals surface area contributed by atoms with Crippen molar-refractivity contribution in [3.8, 4) is 0 Å². The summed E-state index contributed by atoms with van der Waals surface area (Å²) >= 11 is 0. The molecule has 0 aliphatic carbocycles. The van der Waals surface area contributed by atoms with E-state index in [0.29, 0.717) is 46.2 Å². The molecule has 134 valence electrons. The first-order valence-electron chi connectivity index (χ1n) is 7.98. The van der Waals surface area contributed by atoms with E-state index in [1.54, 1.807) is 0 Å². The van der Waals surface area contributed by atoms with Crippen LogP contribution >= 0.6 is 0 Å². The molecule has 2 saturated heterocycles. The van der Waals surface area contributed by atoms with E-state index in [0.717, 1.165) is 12.8 Å². The molecular formula is C15H27NO7. The van der Waals surface area contributed by atoms with Crippen LogP contribution in [0.25, 0.3) is 0 Å². The first-order valence-corrected chi connectivity index (χ1v) is 7.98. The molecule has 8 nitrogen and oxygen atoms in total. The molecule has 0 radical (unpaired) electrons. The second-order valence-electron chi connectivity index (χ2n) is 5.26. The molecule has 0 saturated carbocycles. The van der Waals surface area contributed by atoms with Crippen molar-refractivity contribution in [1.82, 2.24) is 0 Å². The predicted molar refractivity (Wildman–Crippen MR) is 80.4 cm³/mol. The maximum absolute atomic E-state index is 5.59. The Balaban J connectivity index is 1.48. The average Bonchev–Trinajstić information content (AvgIpc) is 3.19. The van der Waals surface area contributed by atoms with Gasteiger partial charge in [-0.1, -0.05) is 6.08 Å². The van der Waals surface area contributed by atoms with Crippen LogP contribution in [0.2, 0.25) is 0 Å². The van der Waals surface area contributed by atoms with Crippen molar-refractivity contribution in [3.63, 3.8) is 0 Å². The van der Waals surface area contributed by atoms with Crippen LogP contribution in [0, 0.1) is 0 Å². The Morgan fingerprint density at radius 3 is 2.17 bits per heavy atom. The number of allylic oxidation sites excluding steroid dienone is 1. The topological polar surface area (TPSA) is 90.6 Å². The Kier molecular flexibility index (Phi) is 9.02. The third-order valence-electron chi connectivity index (χ3n) is 3.23. The van der Waals surface area contributed by atoms with Crippen molar-refractivity contribution in [2.75, 3.05) is 46.2 Å². The predicted octanol–water partition coefficient (Wildman–Crippen LogP) is 0.359. The molecule has 4 unspecified atom stereocenters. The first kappa shape index (κ1) is 18.8. The summed E-state index contributed by atoms with van der Waals surface area (Å²) in [5, 5.41) is 0. The Labute approximate surface area is 136 Å². The first-order chi connectivity index (χ1) is 11.3. The fourth-order valence-electron chi connectivity index (χ4n) is 2.10. The molecule has 2 aliphatic rings. The summed E-state index contributed by atoms with van der Waals surface area (Å²) in [7, 11) is 0. The van der Waals surface area contributed by atoms with Crippen LogP contribution < -0.4 is 5.73 Å². The maximum atomic E-state index is 5.59. The Bertz CT molecular complexity index is 331. The molecular weight excluding hydrogens is 306 g/mol. The van der Waals surface area contributed by atoms with Crippen molar-refractivity contribution in [2.24, 2.45) is 5.73 Å². The van der Waals surface area contributed by atoms with Crippen LogP contribution in [-0.4, -0.2) is 71.3 Å². The second kappa shape index (κ2) is 11.1. The lowest BCUT2D eigenvalue weighted by molar-refractivity contribution is -0.243. The van der Waals surface area contributed by atoms with Gasteiger partial charge in [-0.15, -0.1) is 6.58 Å². The Hall–Kier alpha value is -0.580. The molecule has 23 heavy (non-hydrogen) atoms. The van der Waals surface area contributed by atoms with Crippen LogP contribution in [0.3, 0.4) is 0 Å². The minimum atomic E-state index is -0.647. The Morgan fingerprint density at radius 2 is 1.61 bits per heavy atom. The summed E-state index contributed by atoms with van der Waals surface area (Å²) in [6.07, 6.45) is 3.40. The van der Waals surface area contributed by atoms with Gasteiger partial charge in [0.2, 0.25) is 0 Å². The standard InChI is InChI=1S/C15H27NO7/c1-2-3-4-6-18-14-20-10-12(22-14)8-17-9-13-11-21-15(23-13)19-7-5-16/h2,12-15H,1,3-11,16H2. The smallest absolute Gasteiger partial charge is 0.272 e. The molecule has 0 aromatic rings. The molecule has 0 aromatic heterocycles. The van der Waals surface area contributed by atoms with Gasteiger partial charge in [-0.25, -0.2) is 0 Å². The molecule has 2 rings (SSSR count). The van der Waals surface area contributed by atoms with Gasteiger partial charge in [0, 0.05) is 6.54 Å². The van der Waals surface area contributed by atoms with Gasteiger partial charge in [-0.05, 0) is 12.8 Å². The van der Waals surface area contributed by atoms with Gasteiger partial charge < -0.3 is 38.9 Å². The molecule has 2 heterocycles. The normalized spacial score (nSPS) is 30.8.